The van der Waals surface area contributed by atoms with Crippen LogP contribution in [-0.2, 0) is 15.8 Å². The summed E-state index contributed by atoms with van der Waals surface area (Å²) in [6.07, 6.45) is 2.92. The van der Waals surface area contributed by atoms with Crippen LogP contribution < -0.4 is 10.1 Å². The summed E-state index contributed by atoms with van der Waals surface area (Å²) in [6.45, 7) is 3.59. The zero-order chi connectivity index (χ0) is 20.0. The zero-order valence-electron chi connectivity index (χ0n) is 16.1. The third-order valence-electron chi connectivity index (χ3n) is 4.71. The molecule has 2 aromatic rings. The number of anilines is 1. The van der Waals surface area contributed by atoms with Gasteiger partial charge >= 0.3 is 0 Å². The number of piperidine rings is 1. The van der Waals surface area contributed by atoms with Crippen LogP contribution in [0.15, 0.2) is 48.5 Å². The van der Waals surface area contributed by atoms with Gasteiger partial charge < -0.3 is 10.1 Å². The van der Waals surface area contributed by atoms with Crippen LogP contribution in [-0.4, -0.2) is 38.3 Å². The molecule has 0 unspecified atom stereocenters. The quantitative estimate of drug-likeness (QED) is 0.767. The van der Waals surface area contributed by atoms with Gasteiger partial charge in [0.25, 0.3) is 5.91 Å². The molecule has 0 aromatic heterocycles. The van der Waals surface area contributed by atoms with Gasteiger partial charge in [-0.15, -0.1) is 0 Å². The SMILES string of the molecule is CCOc1ccccc1NC(=O)c1ccc(CS(=O)(=O)N2CCCCC2)cc1. The molecule has 0 spiro atoms. The summed E-state index contributed by atoms with van der Waals surface area (Å²) >= 11 is 0. The number of ether oxygens (including phenoxy) is 1. The van der Waals surface area contributed by atoms with Crippen molar-refractivity contribution in [2.75, 3.05) is 25.0 Å². The van der Waals surface area contributed by atoms with Gasteiger partial charge in [-0.3, -0.25) is 4.79 Å². The number of sulfonamides is 1. The minimum absolute atomic E-state index is 0.0396. The van der Waals surface area contributed by atoms with E-state index in [1.165, 1.54) is 0 Å². The van der Waals surface area contributed by atoms with E-state index < -0.39 is 10.0 Å². The van der Waals surface area contributed by atoms with Crippen LogP contribution in [0.4, 0.5) is 5.69 Å². The molecule has 2 aromatic carbocycles. The molecule has 0 bridgehead atoms. The zero-order valence-corrected chi connectivity index (χ0v) is 16.9. The Balaban J connectivity index is 1.66. The molecule has 1 N–H and O–H groups in total. The van der Waals surface area contributed by atoms with Crippen LogP contribution in [0.3, 0.4) is 0 Å². The highest BCUT2D eigenvalue weighted by Crippen LogP contribution is 2.24. The molecule has 150 valence electrons. The van der Waals surface area contributed by atoms with Crippen molar-refractivity contribution in [1.29, 1.82) is 0 Å². The van der Waals surface area contributed by atoms with Gasteiger partial charge in [0.1, 0.15) is 5.75 Å². The Labute approximate surface area is 166 Å². The van der Waals surface area contributed by atoms with Crippen LogP contribution in [0.5, 0.6) is 5.75 Å². The highest BCUT2D eigenvalue weighted by atomic mass is 32.2. The number of benzene rings is 2. The van der Waals surface area contributed by atoms with Crippen molar-refractivity contribution in [2.24, 2.45) is 0 Å². The Bertz CT molecular complexity index is 904. The molecule has 0 radical (unpaired) electrons. The summed E-state index contributed by atoms with van der Waals surface area (Å²) < 4.78 is 32.2. The van der Waals surface area contributed by atoms with E-state index in [1.807, 2.05) is 19.1 Å². The van der Waals surface area contributed by atoms with E-state index in [0.29, 0.717) is 42.3 Å². The summed E-state index contributed by atoms with van der Waals surface area (Å²) in [5.41, 5.74) is 1.74. The molecule has 0 aliphatic carbocycles. The van der Waals surface area contributed by atoms with Crippen molar-refractivity contribution in [3.8, 4) is 5.75 Å². The van der Waals surface area contributed by atoms with Crippen LogP contribution in [0.2, 0.25) is 0 Å². The van der Waals surface area contributed by atoms with Gasteiger partial charge in [-0.05, 0) is 49.6 Å². The number of hydrogen-bond donors (Lipinski definition) is 1. The molecule has 1 heterocycles. The predicted octanol–water partition coefficient (Wildman–Crippen LogP) is 3.65. The van der Waals surface area contributed by atoms with Crippen molar-refractivity contribution in [3.63, 3.8) is 0 Å². The lowest BCUT2D eigenvalue weighted by atomic mass is 10.1. The maximum Gasteiger partial charge on any atom is 0.255 e. The lowest BCUT2D eigenvalue weighted by Gasteiger charge is -2.25. The van der Waals surface area contributed by atoms with Crippen LogP contribution in [0.1, 0.15) is 42.1 Å². The third kappa shape index (κ3) is 5.11. The van der Waals surface area contributed by atoms with Crippen molar-refractivity contribution in [3.05, 3.63) is 59.7 Å². The number of carbonyl (C=O) groups excluding carboxylic acids is 1. The first-order valence-electron chi connectivity index (χ1n) is 9.59. The lowest BCUT2D eigenvalue weighted by molar-refractivity contribution is 0.102. The predicted molar refractivity (Wildman–Crippen MR) is 110 cm³/mol. The number of hydrogen-bond acceptors (Lipinski definition) is 4. The summed E-state index contributed by atoms with van der Waals surface area (Å²) in [7, 11) is -3.31. The molecule has 0 atom stereocenters. The number of amides is 1. The van der Waals surface area contributed by atoms with E-state index in [4.69, 9.17) is 4.74 Å². The number of rotatable bonds is 7. The average molecular weight is 403 g/mol. The van der Waals surface area contributed by atoms with Crippen LogP contribution in [0.25, 0.3) is 0 Å². The molecule has 1 amide bonds. The Kier molecular flexibility index (Phi) is 6.70. The van der Waals surface area contributed by atoms with E-state index in [-0.39, 0.29) is 11.7 Å². The second-order valence-corrected chi connectivity index (χ2v) is 8.77. The third-order valence-corrected chi connectivity index (χ3v) is 6.56. The second kappa shape index (κ2) is 9.21. The fourth-order valence-electron chi connectivity index (χ4n) is 3.24. The van der Waals surface area contributed by atoms with Crippen LogP contribution in [0, 0.1) is 0 Å². The van der Waals surface area contributed by atoms with Crippen molar-refractivity contribution < 1.29 is 17.9 Å². The van der Waals surface area contributed by atoms with Crippen molar-refractivity contribution in [2.45, 2.75) is 31.9 Å². The van der Waals surface area contributed by atoms with E-state index in [1.54, 1.807) is 40.7 Å². The molecule has 28 heavy (non-hydrogen) atoms. The Morgan fingerprint density at radius 1 is 1.04 bits per heavy atom. The number of carbonyl (C=O) groups is 1. The van der Waals surface area contributed by atoms with Gasteiger partial charge in [-0.2, -0.15) is 0 Å². The smallest absolute Gasteiger partial charge is 0.255 e. The summed E-state index contributed by atoms with van der Waals surface area (Å²) in [6, 6.07) is 14.0. The maximum atomic E-state index is 12.5. The fraction of sp³-hybridized carbons (Fsp3) is 0.381. The second-order valence-electron chi connectivity index (χ2n) is 6.80. The number of nitrogens with one attached hydrogen (secondary N) is 1. The normalized spacial score (nSPS) is 15.2. The first-order chi connectivity index (χ1) is 13.5. The first-order valence-corrected chi connectivity index (χ1v) is 11.2. The molecule has 1 saturated heterocycles. The lowest BCUT2D eigenvalue weighted by Crippen LogP contribution is -2.36. The standard InChI is InChI=1S/C21H26N2O4S/c1-2-27-20-9-5-4-8-19(20)22-21(24)18-12-10-17(11-13-18)16-28(25,26)23-14-6-3-7-15-23/h4-5,8-13H,2-3,6-7,14-16H2,1H3,(H,22,24). The van der Waals surface area contributed by atoms with Gasteiger partial charge in [0.05, 0.1) is 18.0 Å². The highest BCUT2D eigenvalue weighted by molar-refractivity contribution is 7.88. The molecule has 0 saturated carbocycles. The number of nitrogens with zero attached hydrogens (tertiary/aromatic N) is 1. The van der Waals surface area contributed by atoms with Gasteiger partial charge in [0, 0.05) is 18.7 Å². The molecular weight excluding hydrogens is 376 g/mol. The monoisotopic (exact) mass is 402 g/mol. The molecule has 6 nitrogen and oxygen atoms in total. The van der Waals surface area contributed by atoms with Crippen LogP contribution >= 0.6 is 0 Å². The minimum atomic E-state index is -3.31. The summed E-state index contributed by atoms with van der Waals surface area (Å²) in [4.78, 5) is 12.5. The summed E-state index contributed by atoms with van der Waals surface area (Å²) in [5.74, 6) is 0.308. The number of para-hydroxylation sites is 2. The molecule has 1 aliphatic heterocycles. The average Bonchev–Trinajstić information content (AvgIpc) is 2.70. The molecular formula is C21H26N2O4S. The van der Waals surface area contributed by atoms with E-state index in [2.05, 4.69) is 5.32 Å². The van der Waals surface area contributed by atoms with E-state index >= 15 is 0 Å². The topological polar surface area (TPSA) is 75.7 Å². The minimum Gasteiger partial charge on any atom is -0.492 e. The fourth-order valence-corrected chi connectivity index (χ4v) is 4.85. The van der Waals surface area contributed by atoms with Crippen molar-refractivity contribution >= 4 is 21.6 Å². The Morgan fingerprint density at radius 3 is 2.39 bits per heavy atom. The maximum absolute atomic E-state index is 12.5. The van der Waals surface area contributed by atoms with Gasteiger partial charge in [-0.25, -0.2) is 12.7 Å². The van der Waals surface area contributed by atoms with E-state index in [0.717, 1.165) is 19.3 Å². The highest BCUT2D eigenvalue weighted by Gasteiger charge is 2.24. The van der Waals surface area contributed by atoms with Gasteiger partial charge in [0.15, 0.2) is 0 Å². The molecule has 3 rings (SSSR count). The largest absolute Gasteiger partial charge is 0.492 e. The van der Waals surface area contributed by atoms with E-state index in [9.17, 15) is 13.2 Å². The van der Waals surface area contributed by atoms with Gasteiger partial charge in [-0.1, -0.05) is 30.7 Å². The molecule has 7 heteroatoms. The molecule has 1 fully saturated rings. The Hall–Kier alpha value is -2.38. The van der Waals surface area contributed by atoms with Gasteiger partial charge in [0.2, 0.25) is 10.0 Å². The Morgan fingerprint density at radius 2 is 1.71 bits per heavy atom. The molecule has 1 aliphatic rings. The summed E-state index contributed by atoms with van der Waals surface area (Å²) in [5, 5.41) is 2.84. The van der Waals surface area contributed by atoms with Crippen molar-refractivity contribution in [1.82, 2.24) is 4.31 Å². The first kappa shape index (κ1) is 20.4.